The van der Waals surface area contributed by atoms with Crippen molar-refractivity contribution in [3.05, 3.63) is 77.8 Å². The Labute approximate surface area is 137 Å². The summed E-state index contributed by atoms with van der Waals surface area (Å²) in [4.78, 5) is 7.58. The van der Waals surface area contributed by atoms with Gasteiger partial charge >= 0.3 is 0 Å². The van der Waals surface area contributed by atoms with E-state index in [2.05, 4.69) is 16.0 Å². The topological polar surface area (TPSA) is 28.7 Å². The van der Waals surface area contributed by atoms with Gasteiger partial charge in [0.05, 0.1) is 5.02 Å². The molecule has 2 heterocycles. The van der Waals surface area contributed by atoms with Crippen molar-refractivity contribution in [3.63, 3.8) is 0 Å². The van der Waals surface area contributed by atoms with Gasteiger partial charge in [0, 0.05) is 28.9 Å². The molecule has 2 nitrogen and oxygen atoms in total. The van der Waals surface area contributed by atoms with Gasteiger partial charge in [-0.3, -0.25) is 0 Å². The van der Waals surface area contributed by atoms with Crippen LogP contribution in [0.2, 0.25) is 5.02 Å². The van der Waals surface area contributed by atoms with E-state index >= 15 is 0 Å². The molecule has 0 fully saturated rings. The van der Waals surface area contributed by atoms with E-state index in [9.17, 15) is 4.39 Å². The van der Waals surface area contributed by atoms with Gasteiger partial charge in [0.25, 0.3) is 0 Å². The average Bonchev–Trinajstić information content (AvgIpc) is 3.02. The molecule has 0 aliphatic rings. The largest absolute Gasteiger partial charge is 0.345 e. The first-order chi connectivity index (χ1) is 11.2. The van der Waals surface area contributed by atoms with Crippen molar-refractivity contribution in [1.29, 1.82) is 0 Å². The maximum absolute atomic E-state index is 13.2. The normalized spacial score (nSPS) is 11.0. The highest BCUT2D eigenvalue weighted by atomic mass is 35.5. The third-order valence-corrected chi connectivity index (χ3v) is 4.20. The van der Waals surface area contributed by atoms with E-state index < -0.39 is 0 Å². The lowest BCUT2D eigenvalue weighted by Gasteiger charge is -2.07. The van der Waals surface area contributed by atoms with E-state index in [0.717, 1.165) is 27.6 Å². The molecular formula is C19H11ClFN2. The highest BCUT2D eigenvalue weighted by Crippen LogP contribution is 2.38. The molecule has 4 heteroatoms. The number of fused-ring (bicyclic) bond motifs is 1. The van der Waals surface area contributed by atoms with E-state index in [1.165, 1.54) is 12.1 Å². The van der Waals surface area contributed by atoms with Crippen LogP contribution in [-0.4, -0.2) is 9.97 Å². The molecule has 0 saturated heterocycles. The number of hydrogen-bond donors (Lipinski definition) is 1. The number of pyridine rings is 1. The van der Waals surface area contributed by atoms with Gasteiger partial charge in [0.1, 0.15) is 11.5 Å². The summed E-state index contributed by atoms with van der Waals surface area (Å²) in [5, 5.41) is 1.45. The Hall–Kier alpha value is -2.65. The second-order valence-corrected chi connectivity index (χ2v) is 5.59. The second kappa shape index (κ2) is 5.52. The maximum Gasteiger partial charge on any atom is 0.139 e. The van der Waals surface area contributed by atoms with Gasteiger partial charge in [-0.15, -0.1) is 0 Å². The molecule has 4 rings (SSSR count). The SMILES string of the molecule is Fc1ccc(-c2c[nH]c3ncc(-c4c[c]ccc4)c(Cl)c23)cc1. The molecule has 2 aromatic heterocycles. The zero-order valence-corrected chi connectivity index (χ0v) is 12.7. The number of halogens is 2. The van der Waals surface area contributed by atoms with Crippen LogP contribution in [-0.2, 0) is 0 Å². The number of rotatable bonds is 2. The summed E-state index contributed by atoms with van der Waals surface area (Å²) in [6, 6.07) is 17.0. The highest BCUT2D eigenvalue weighted by Gasteiger charge is 2.15. The van der Waals surface area contributed by atoms with Crippen LogP contribution in [0.3, 0.4) is 0 Å². The minimum absolute atomic E-state index is 0.265. The van der Waals surface area contributed by atoms with Crippen LogP contribution < -0.4 is 0 Å². The molecule has 0 aliphatic carbocycles. The molecule has 0 bridgehead atoms. The smallest absolute Gasteiger partial charge is 0.139 e. The summed E-state index contributed by atoms with van der Waals surface area (Å²) >= 11 is 6.66. The van der Waals surface area contributed by atoms with E-state index in [1.54, 1.807) is 18.3 Å². The Bertz CT molecular complexity index is 976. The minimum Gasteiger partial charge on any atom is -0.345 e. The summed E-state index contributed by atoms with van der Waals surface area (Å²) in [6.07, 6.45) is 3.59. The van der Waals surface area contributed by atoms with Crippen LogP contribution in [0.5, 0.6) is 0 Å². The molecule has 2 aromatic carbocycles. The van der Waals surface area contributed by atoms with E-state index in [0.29, 0.717) is 10.7 Å². The quantitative estimate of drug-likeness (QED) is 0.519. The van der Waals surface area contributed by atoms with Crippen molar-refractivity contribution in [2.75, 3.05) is 0 Å². The van der Waals surface area contributed by atoms with E-state index in [1.807, 2.05) is 30.5 Å². The lowest BCUT2D eigenvalue weighted by atomic mass is 10.0. The molecule has 0 saturated carbocycles. The van der Waals surface area contributed by atoms with Gasteiger partial charge in [-0.1, -0.05) is 41.9 Å². The van der Waals surface area contributed by atoms with Crippen LogP contribution in [0.25, 0.3) is 33.3 Å². The van der Waals surface area contributed by atoms with Crippen molar-refractivity contribution in [3.8, 4) is 22.3 Å². The van der Waals surface area contributed by atoms with Crippen LogP contribution in [0.1, 0.15) is 0 Å². The molecule has 0 spiro atoms. The molecule has 0 amide bonds. The van der Waals surface area contributed by atoms with Crippen LogP contribution in [0.15, 0.2) is 60.9 Å². The van der Waals surface area contributed by atoms with Gasteiger partial charge < -0.3 is 4.98 Å². The minimum atomic E-state index is -0.265. The fraction of sp³-hybridized carbons (Fsp3) is 0. The molecule has 23 heavy (non-hydrogen) atoms. The maximum atomic E-state index is 13.2. The summed E-state index contributed by atoms with van der Waals surface area (Å²) in [5.74, 6) is -0.265. The Balaban J connectivity index is 1.96. The lowest BCUT2D eigenvalue weighted by Crippen LogP contribution is -1.85. The van der Waals surface area contributed by atoms with Crippen LogP contribution in [0.4, 0.5) is 4.39 Å². The third-order valence-electron chi connectivity index (χ3n) is 3.81. The highest BCUT2D eigenvalue weighted by molar-refractivity contribution is 6.39. The number of hydrogen-bond acceptors (Lipinski definition) is 1. The van der Waals surface area contributed by atoms with Crippen molar-refractivity contribution in [1.82, 2.24) is 9.97 Å². The summed E-state index contributed by atoms with van der Waals surface area (Å²) in [6.45, 7) is 0. The summed E-state index contributed by atoms with van der Waals surface area (Å²) in [5.41, 5.74) is 4.30. The molecule has 111 valence electrons. The number of benzene rings is 2. The lowest BCUT2D eigenvalue weighted by molar-refractivity contribution is 0.628. The second-order valence-electron chi connectivity index (χ2n) is 5.21. The molecule has 0 unspecified atom stereocenters. The van der Waals surface area contributed by atoms with Crippen molar-refractivity contribution < 1.29 is 4.39 Å². The Kier molecular flexibility index (Phi) is 3.36. The van der Waals surface area contributed by atoms with E-state index in [4.69, 9.17) is 11.6 Å². The number of nitrogens with one attached hydrogen (secondary N) is 1. The fourth-order valence-corrected chi connectivity index (χ4v) is 3.03. The molecular weight excluding hydrogens is 311 g/mol. The fourth-order valence-electron chi connectivity index (χ4n) is 2.68. The zero-order chi connectivity index (χ0) is 15.8. The number of nitrogens with zero attached hydrogens (tertiary/aromatic N) is 1. The Morgan fingerprint density at radius 3 is 2.61 bits per heavy atom. The number of aromatic amines is 1. The predicted octanol–water partition coefficient (Wildman–Crippen LogP) is 5.49. The number of H-pyrrole nitrogens is 1. The Morgan fingerprint density at radius 2 is 1.87 bits per heavy atom. The van der Waals surface area contributed by atoms with Crippen LogP contribution in [0, 0.1) is 11.9 Å². The molecule has 0 atom stereocenters. The van der Waals surface area contributed by atoms with Gasteiger partial charge in [-0.05, 0) is 35.4 Å². The van der Waals surface area contributed by atoms with Crippen LogP contribution >= 0.6 is 11.6 Å². The molecule has 0 aliphatic heterocycles. The first kappa shape index (κ1) is 14.0. The molecule has 1 N–H and O–H groups in total. The predicted molar refractivity (Wildman–Crippen MR) is 90.8 cm³/mol. The van der Waals surface area contributed by atoms with Crippen molar-refractivity contribution >= 4 is 22.6 Å². The molecule has 4 aromatic rings. The summed E-state index contributed by atoms with van der Waals surface area (Å²) in [7, 11) is 0. The van der Waals surface area contributed by atoms with Crippen molar-refractivity contribution in [2.24, 2.45) is 0 Å². The molecule has 1 radical (unpaired) electrons. The van der Waals surface area contributed by atoms with Gasteiger partial charge in [-0.2, -0.15) is 0 Å². The number of aromatic nitrogens is 2. The monoisotopic (exact) mass is 321 g/mol. The first-order valence-electron chi connectivity index (χ1n) is 7.12. The first-order valence-corrected chi connectivity index (χ1v) is 7.50. The third kappa shape index (κ3) is 2.39. The van der Waals surface area contributed by atoms with E-state index in [-0.39, 0.29) is 5.82 Å². The Morgan fingerprint density at radius 1 is 1.04 bits per heavy atom. The average molecular weight is 322 g/mol. The van der Waals surface area contributed by atoms with Gasteiger partial charge in [-0.25, -0.2) is 9.37 Å². The van der Waals surface area contributed by atoms with Gasteiger partial charge in [0.15, 0.2) is 0 Å². The van der Waals surface area contributed by atoms with Gasteiger partial charge in [0.2, 0.25) is 0 Å². The summed E-state index contributed by atoms with van der Waals surface area (Å²) < 4.78 is 13.2. The zero-order valence-electron chi connectivity index (χ0n) is 12.0. The standard InChI is InChI=1S/C19H11ClFN2/c20-18-16(12-4-2-1-3-5-12)11-23-19-17(18)15(10-22-19)13-6-8-14(21)9-7-13/h1-2,4-11H,(H,22,23). The van der Waals surface area contributed by atoms with Crippen molar-refractivity contribution in [2.45, 2.75) is 0 Å².